The summed E-state index contributed by atoms with van der Waals surface area (Å²) in [6.45, 7) is 10.8. The van der Waals surface area contributed by atoms with Crippen molar-refractivity contribution < 1.29 is 23.6 Å². The molecule has 6 rings (SSSR count). The number of carbonyl (C=O) groups excluding carboxylic acids is 2. The molecule has 8 heteroatoms. The Hall–Kier alpha value is -2.74. The van der Waals surface area contributed by atoms with E-state index in [1.54, 1.807) is 26.0 Å². The number of anilines is 1. The van der Waals surface area contributed by atoms with Gasteiger partial charge in [0.05, 0.1) is 11.8 Å². The molecule has 0 bridgehead atoms. The number of nitrogens with one attached hydrogen (secondary N) is 2. The zero-order valence-electron chi connectivity index (χ0n) is 27.0. The number of rotatable bonds is 7. The average Bonchev–Trinajstić information content (AvgIpc) is 3.51. The summed E-state index contributed by atoms with van der Waals surface area (Å²) in [4.78, 5) is 25.8. The quantitative estimate of drug-likeness (QED) is 0.309. The Bertz CT molecular complexity index is 1360. The first kappa shape index (κ1) is 31.3. The molecule has 240 valence electrons. The highest BCUT2D eigenvalue weighted by Gasteiger charge is 2.63. The van der Waals surface area contributed by atoms with Crippen LogP contribution in [-0.4, -0.2) is 34.2 Å². The van der Waals surface area contributed by atoms with E-state index in [2.05, 4.69) is 36.6 Å². The maximum absolute atomic E-state index is 13.2. The van der Waals surface area contributed by atoms with Gasteiger partial charge in [0.15, 0.2) is 0 Å². The van der Waals surface area contributed by atoms with Gasteiger partial charge in [0.1, 0.15) is 17.1 Å². The lowest BCUT2D eigenvalue weighted by molar-refractivity contribution is -0.166. The number of aromatic nitrogens is 1. The number of aliphatic hydroxyl groups excluding tert-OH is 1. The molecule has 7 nitrogen and oxygen atoms in total. The minimum Gasteiger partial charge on any atom is -0.393 e. The van der Waals surface area contributed by atoms with Crippen molar-refractivity contribution >= 4 is 17.5 Å². The predicted octanol–water partition coefficient (Wildman–Crippen LogP) is 7.21. The summed E-state index contributed by atoms with van der Waals surface area (Å²) in [5, 5.41) is 21.9. The smallest absolute Gasteiger partial charge is 0.257 e. The third kappa shape index (κ3) is 5.50. The minimum absolute atomic E-state index is 0.0213. The van der Waals surface area contributed by atoms with Gasteiger partial charge in [-0.25, -0.2) is 4.39 Å². The molecule has 1 aromatic carbocycles. The van der Waals surface area contributed by atoms with Crippen LogP contribution in [0.1, 0.15) is 107 Å². The lowest BCUT2D eigenvalue weighted by Gasteiger charge is -2.62. The highest BCUT2D eigenvalue weighted by molar-refractivity contribution is 5.96. The third-order valence-electron chi connectivity index (χ3n) is 13.0. The molecule has 2 amide bonds. The van der Waals surface area contributed by atoms with Crippen molar-refractivity contribution in [2.45, 2.75) is 111 Å². The zero-order valence-corrected chi connectivity index (χ0v) is 27.0. The van der Waals surface area contributed by atoms with E-state index >= 15 is 0 Å². The molecule has 0 saturated heterocycles. The van der Waals surface area contributed by atoms with E-state index in [1.807, 2.05) is 0 Å². The van der Waals surface area contributed by atoms with Gasteiger partial charge in [-0.3, -0.25) is 9.59 Å². The Kier molecular flexibility index (Phi) is 8.44. The van der Waals surface area contributed by atoms with E-state index in [0.29, 0.717) is 64.6 Å². The summed E-state index contributed by atoms with van der Waals surface area (Å²) in [5.74, 6) is 2.80. The van der Waals surface area contributed by atoms with Crippen molar-refractivity contribution in [3.63, 3.8) is 0 Å². The molecular weight excluding hydrogens is 557 g/mol. The van der Waals surface area contributed by atoms with Gasteiger partial charge in [0, 0.05) is 18.2 Å². The first-order valence-corrected chi connectivity index (χ1v) is 16.9. The zero-order chi connectivity index (χ0) is 31.4. The van der Waals surface area contributed by atoms with E-state index < -0.39 is 0 Å². The molecule has 4 fully saturated rings. The second-order valence-electron chi connectivity index (χ2n) is 15.2. The monoisotopic (exact) mass is 607 g/mol. The normalized spacial score (nSPS) is 36.9. The number of amides is 2. The Morgan fingerprint density at radius 1 is 1.05 bits per heavy atom. The minimum atomic E-state index is -0.311. The van der Waals surface area contributed by atoms with Gasteiger partial charge < -0.3 is 20.3 Å². The molecule has 4 aliphatic rings. The Balaban J connectivity index is 1.08. The molecule has 0 aliphatic heterocycles. The van der Waals surface area contributed by atoms with Crippen LogP contribution in [0, 0.1) is 66.0 Å². The van der Waals surface area contributed by atoms with E-state index in [4.69, 9.17) is 4.52 Å². The lowest BCUT2D eigenvalue weighted by atomic mass is 9.43. The van der Waals surface area contributed by atoms with E-state index in [1.165, 1.54) is 18.6 Å². The fraction of sp³-hybridized carbons (Fsp3) is 0.694. The fourth-order valence-electron chi connectivity index (χ4n) is 10.7. The van der Waals surface area contributed by atoms with Crippen LogP contribution in [0.4, 0.5) is 10.1 Å². The number of fused-ring (bicyclic) bond motifs is 5. The molecule has 1 heterocycles. The van der Waals surface area contributed by atoms with Crippen molar-refractivity contribution in [1.82, 2.24) is 10.5 Å². The van der Waals surface area contributed by atoms with Crippen molar-refractivity contribution in [2.24, 2.45) is 46.3 Å². The summed E-state index contributed by atoms with van der Waals surface area (Å²) >= 11 is 0. The molecule has 44 heavy (non-hydrogen) atoms. The highest BCUT2D eigenvalue weighted by atomic mass is 19.1. The van der Waals surface area contributed by atoms with Crippen LogP contribution in [0.15, 0.2) is 28.8 Å². The number of aliphatic hydroxyl groups is 1. The number of benzene rings is 1. The van der Waals surface area contributed by atoms with Crippen LogP contribution in [0.2, 0.25) is 0 Å². The highest BCUT2D eigenvalue weighted by Crippen LogP contribution is 2.68. The number of nitrogens with zero attached hydrogens (tertiary/aromatic N) is 1. The van der Waals surface area contributed by atoms with Gasteiger partial charge in [-0.1, -0.05) is 25.9 Å². The van der Waals surface area contributed by atoms with E-state index in [-0.39, 0.29) is 40.6 Å². The first-order chi connectivity index (χ1) is 20.9. The van der Waals surface area contributed by atoms with Crippen LogP contribution >= 0.6 is 0 Å². The average molecular weight is 608 g/mol. The number of aryl methyl sites for hydroxylation is 2. The van der Waals surface area contributed by atoms with Gasteiger partial charge in [0.2, 0.25) is 5.91 Å². The maximum Gasteiger partial charge on any atom is 0.257 e. The van der Waals surface area contributed by atoms with Crippen LogP contribution in [0.25, 0.3) is 0 Å². The van der Waals surface area contributed by atoms with E-state index in [0.717, 1.165) is 51.4 Å². The third-order valence-corrected chi connectivity index (χ3v) is 13.0. The van der Waals surface area contributed by atoms with Crippen LogP contribution in [0.3, 0.4) is 0 Å². The summed E-state index contributed by atoms with van der Waals surface area (Å²) < 4.78 is 18.5. The fourth-order valence-corrected chi connectivity index (χ4v) is 10.7. The Morgan fingerprint density at radius 2 is 1.75 bits per heavy atom. The number of hydrogen-bond donors (Lipinski definition) is 3. The Morgan fingerprint density at radius 3 is 2.45 bits per heavy atom. The molecule has 2 aromatic rings. The molecule has 0 spiro atoms. The van der Waals surface area contributed by atoms with Crippen LogP contribution < -0.4 is 10.6 Å². The standard InChI is InChI=1S/C36H50FN3O4/c1-20(6-13-31(42)38-25-9-7-24(37)8-10-25)27-11-12-28-33-29(15-17-36(27,28)5)35(4)16-14-26(18-23(35)19-30(33)41)39-34(43)32-21(2)40-44-22(32)3/h7-10,20,23,26-30,33,41H,6,11-19H2,1-5H3,(H,38,42)(H,39,43)/t20-,23+,26+,27-,28+,29+,30-,33+,35+,36-/m1/s1. The topological polar surface area (TPSA) is 104 Å². The van der Waals surface area contributed by atoms with Crippen molar-refractivity contribution in [2.75, 3.05) is 5.32 Å². The number of halogens is 1. The van der Waals surface area contributed by atoms with Crippen molar-refractivity contribution in [3.8, 4) is 0 Å². The summed E-state index contributed by atoms with van der Waals surface area (Å²) in [6, 6.07) is 6.02. The van der Waals surface area contributed by atoms with Gasteiger partial charge in [-0.2, -0.15) is 0 Å². The lowest BCUT2D eigenvalue weighted by Crippen LogP contribution is -2.59. The van der Waals surface area contributed by atoms with Crippen LogP contribution in [-0.2, 0) is 4.79 Å². The van der Waals surface area contributed by atoms with Gasteiger partial charge in [-0.15, -0.1) is 0 Å². The summed E-state index contributed by atoms with van der Waals surface area (Å²) in [5.41, 5.74) is 2.16. The van der Waals surface area contributed by atoms with E-state index in [9.17, 15) is 19.1 Å². The summed E-state index contributed by atoms with van der Waals surface area (Å²) in [7, 11) is 0. The Labute approximate surface area is 261 Å². The molecule has 1 aromatic heterocycles. The number of carbonyl (C=O) groups is 2. The predicted molar refractivity (Wildman–Crippen MR) is 167 cm³/mol. The van der Waals surface area contributed by atoms with Crippen LogP contribution in [0.5, 0.6) is 0 Å². The molecule has 10 atom stereocenters. The number of hydrogen-bond acceptors (Lipinski definition) is 5. The summed E-state index contributed by atoms with van der Waals surface area (Å²) in [6.07, 6.45) is 9.37. The first-order valence-electron chi connectivity index (χ1n) is 16.9. The second kappa shape index (κ2) is 11.9. The van der Waals surface area contributed by atoms with Crippen molar-refractivity contribution in [1.29, 1.82) is 0 Å². The van der Waals surface area contributed by atoms with Crippen molar-refractivity contribution in [3.05, 3.63) is 47.1 Å². The molecule has 4 aliphatic carbocycles. The largest absolute Gasteiger partial charge is 0.393 e. The molecular formula is C36H50FN3O4. The molecule has 4 saturated carbocycles. The van der Waals surface area contributed by atoms with Gasteiger partial charge >= 0.3 is 0 Å². The SMILES string of the molecule is Cc1noc(C)c1C(=O)N[C@H]1CC[C@@]2(C)[C@@H](C1)C[C@@H](O)[C@@H]1[C@@H]2CC[C@]2(C)[C@@H]([C@H](C)CCC(=O)Nc3ccc(F)cc3)CC[C@@H]12. The second-order valence-corrected chi connectivity index (χ2v) is 15.2. The van der Waals surface area contributed by atoms with Gasteiger partial charge in [-0.05, 0) is 142 Å². The molecule has 3 N–H and O–H groups in total. The molecule has 0 radical (unpaired) electrons. The van der Waals surface area contributed by atoms with Gasteiger partial charge in [0.25, 0.3) is 5.91 Å². The molecule has 0 unspecified atom stereocenters. The maximum atomic E-state index is 13.2.